The third-order valence-electron chi connectivity index (χ3n) is 4.69. The van der Waals surface area contributed by atoms with E-state index in [0.29, 0.717) is 21.5 Å². The van der Waals surface area contributed by atoms with Gasteiger partial charge in [0.25, 0.3) is 11.8 Å². The quantitative estimate of drug-likeness (QED) is 0.797. The topological polar surface area (TPSA) is 78.4 Å². The lowest BCUT2D eigenvalue weighted by atomic mass is 10.0. The average molecular weight is 402 g/mol. The van der Waals surface area contributed by atoms with E-state index in [1.165, 1.54) is 23.5 Å². The molecule has 0 radical (unpaired) electrons. The number of nitrogens with one attached hydrogen (secondary N) is 1. The molecule has 1 atom stereocenters. The van der Waals surface area contributed by atoms with Gasteiger partial charge in [-0.1, -0.05) is 11.6 Å². The Kier molecular flexibility index (Phi) is 4.75. The number of hydrogen-bond donors (Lipinski definition) is 1. The lowest BCUT2D eigenvalue weighted by Gasteiger charge is -2.28. The highest BCUT2D eigenvalue weighted by molar-refractivity contribution is 7.80. The van der Waals surface area contributed by atoms with Crippen LogP contribution in [-0.2, 0) is 4.79 Å². The fraction of sp³-hybridized carbons (Fsp3) is 0.278. The smallest absolute Gasteiger partial charge is 0.275 e. The van der Waals surface area contributed by atoms with Gasteiger partial charge >= 0.3 is 0 Å². The zero-order chi connectivity index (χ0) is 19.0. The van der Waals surface area contributed by atoms with Gasteiger partial charge in [0, 0.05) is 24.6 Å². The summed E-state index contributed by atoms with van der Waals surface area (Å²) in [6, 6.07) is 4.77. The van der Waals surface area contributed by atoms with Gasteiger partial charge in [0.05, 0.1) is 16.9 Å². The van der Waals surface area contributed by atoms with E-state index in [1.54, 1.807) is 18.2 Å². The maximum absolute atomic E-state index is 12.8. The Morgan fingerprint density at radius 1 is 1.30 bits per heavy atom. The summed E-state index contributed by atoms with van der Waals surface area (Å²) in [5.74, 6) is -0.435. The molecule has 2 amide bonds. The van der Waals surface area contributed by atoms with Crippen LogP contribution in [0.4, 0.5) is 11.4 Å². The van der Waals surface area contributed by atoms with Gasteiger partial charge in [-0.3, -0.25) is 19.5 Å². The van der Waals surface area contributed by atoms with Crippen LogP contribution < -0.4 is 10.2 Å². The Bertz CT molecular complexity index is 899. The Labute approximate surface area is 166 Å². The van der Waals surface area contributed by atoms with Crippen molar-refractivity contribution in [2.45, 2.75) is 25.3 Å². The molecule has 2 fully saturated rings. The molecule has 0 bridgehead atoms. The maximum atomic E-state index is 12.8. The van der Waals surface area contributed by atoms with Crippen molar-refractivity contribution in [3.8, 4) is 0 Å². The fourth-order valence-electron chi connectivity index (χ4n) is 3.39. The van der Waals surface area contributed by atoms with E-state index in [-0.39, 0.29) is 17.6 Å². The van der Waals surface area contributed by atoms with Crippen molar-refractivity contribution >= 4 is 52.1 Å². The van der Waals surface area contributed by atoms with Crippen LogP contribution in [0.15, 0.2) is 36.8 Å². The Hall–Kier alpha value is -2.58. The zero-order valence-corrected chi connectivity index (χ0v) is 15.8. The predicted octanol–water partition coefficient (Wildman–Crippen LogP) is 2.87. The molecule has 0 aliphatic carbocycles. The lowest BCUT2D eigenvalue weighted by Crippen LogP contribution is -2.38. The van der Waals surface area contributed by atoms with E-state index in [1.807, 2.05) is 4.90 Å². The van der Waals surface area contributed by atoms with E-state index in [0.717, 1.165) is 25.8 Å². The summed E-state index contributed by atoms with van der Waals surface area (Å²) in [7, 11) is 0. The highest BCUT2D eigenvalue weighted by atomic mass is 35.5. The highest BCUT2D eigenvalue weighted by Gasteiger charge is 2.44. The molecule has 27 heavy (non-hydrogen) atoms. The number of anilines is 2. The standard InChI is InChI=1S/C18H16ClN5O2S/c19-12-9-11(22-16(25)13-10-20-6-7-21-13)4-5-14(12)24-17(26)15-3-1-2-8-23(15)18(24)27/h4-7,9-10,15H,1-3,8H2,(H,22,25). The molecule has 9 heteroatoms. The van der Waals surface area contributed by atoms with Crippen molar-refractivity contribution in [2.24, 2.45) is 0 Å². The van der Waals surface area contributed by atoms with Gasteiger partial charge in [-0.15, -0.1) is 0 Å². The first-order valence-electron chi connectivity index (χ1n) is 8.58. The third kappa shape index (κ3) is 3.26. The molecule has 2 saturated heterocycles. The zero-order valence-electron chi connectivity index (χ0n) is 14.3. The average Bonchev–Trinajstić information content (AvgIpc) is 2.94. The van der Waals surface area contributed by atoms with E-state index in [2.05, 4.69) is 15.3 Å². The number of carbonyl (C=O) groups is 2. The number of amides is 2. The molecule has 7 nitrogen and oxygen atoms in total. The molecule has 4 rings (SSSR count). The molecule has 0 saturated carbocycles. The van der Waals surface area contributed by atoms with Gasteiger partial charge in [0.1, 0.15) is 11.7 Å². The third-order valence-corrected chi connectivity index (χ3v) is 5.41. The molecular weight excluding hydrogens is 386 g/mol. The van der Waals surface area contributed by atoms with Crippen molar-refractivity contribution in [3.05, 3.63) is 47.5 Å². The molecule has 1 aromatic carbocycles. The molecule has 1 N–H and O–H groups in total. The summed E-state index contributed by atoms with van der Waals surface area (Å²) in [5, 5.41) is 3.54. The molecule has 2 aliphatic heterocycles. The van der Waals surface area contributed by atoms with Crippen molar-refractivity contribution in [1.29, 1.82) is 0 Å². The van der Waals surface area contributed by atoms with Crippen molar-refractivity contribution in [1.82, 2.24) is 14.9 Å². The minimum Gasteiger partial charge on any atom is -0.336 e. The van der Waals surface area contributed by atoms with E-state index in [9.17, 15) is 9.59 Å². The second kappa shape index (κ2) is 7.21. The SMILES string of the molecule is O=C(Nc1ccc(N2C(=O)C3CCCCN3C2=S)c(Cl)c1)c1cnccn1. The number of carbonyl (C=O) groups excluding carboxylic acids is 2. The summed E-state index contributed by atoms with van der Waals surface area (Å²) in [6.07, 6.45) is 7.16. The predicted molar refractivity (Wildman–Crippen MR) is 106 cm³/mol. The van der Waals surface area contributed by atoms with Gasteiger partial charge in [-0.05, 0) is 49.7 Å². The highest BCUT2D eigenvalue weighted by Crippen LogP contribution is 2.36. The van der Waals surface area contributed by atoms with E-state index < -0.39 is 5.91 Å². The van der Waals surface area contributed by atoms with Gasteiger partial charge in [0.2, 0.25) is 0 Å². The summed E-state index contributed by atoms with van der Waals surface area (Å²) >= 11 is 11.9. The van der Waals surface area contributed by atoms with Crippen LogP contribution in [-0.4, -0.2) is 44.4 Å². The molecule has 2 aliphatic rings. The van der Waals surface area contributed by atoms with Crippen LogP contribution >= 0.6 is 23.8 Å². The molecule has 3 heterocycles. The second-order valence-corrected chi connectivity index (χ2v) is 7.14. The summed E-state index contributed by atoms with van der Waals surface area (Å²) in [4.78, 5) is 36.3. The number of piperidine rings is 1. The fourth-order valence-corrected chi connectivity index (χ4v) is 4.06. The van der Waals surface area contributed by atoms with Crippen LogP contribution in [0, 0.1) is 0 Å². The molecule has 2 aromatic rings. The van der Waals surface area contributed by atoms with Crippen LogP contribution in [0.5, 0.6) is 0 Å². The Morgan fingerprint density at radius 3 is 2.85 bits per heavy atom. The van der Waals surface area contributed by atoms with Gasteiger partial charge in [-0.25, -0.2) is 4.98 Å². The van der Waals surface area contributed by atoms with Gasteiger partial charge in [-0.2, -0.15) is 0 Å². The maximum Gasteiger partial charge on any atom is 0.275 e. The first kappa shape index (κ1) is 17.8. The normalized spacial score (nSPS) is 19.2. The number of fused-ring (bicyclic) bond motifs is 1. The van der Waals surface area contributed by atoms with Crippen molar-refractivity contribution in [3.63, 3.8) is 0 Å². The van der Waals surface area contributed by atoms with Crippen LogP contribution in [0.3, 0.4) is 0 Å². The van der Waals surface area contributed by atoms with Crippen molar-refractivity contribution < 1.29 is 9.59 Å². The van der Waals surface area contributed by atoms with Crippen LogP contribution in [0.25, 0.3) is 0 Å². The number of hydrogen-bond acceptors (Lipinski definition) is 5. The number of thiocarbonyl (C=S) groups is 1. The number of aromatic nitrogens is 2. The Morgan fingerprint density at radius 2 is 2.15 bits per heavy atom. The first-order chi connectivity index (χ1) is 13.1. The lowest BCUT2D eigenvalue weighted by molar-refractivity contribution is -0.120. The monoisotopic (exact) mass is 401 g/mol. The summed E-state index contributed by atoms with van der Waals surface area (Å²) < 4.78 is 0. The van der Waals surface area contributed by atoms with Crippen LogP contribution in [0.1, 0.15) is 29.8 Å². The number of halogens is 1. The van der Waals surface area contributed by atoms with E-state index >= 15 is 0 Å². The van der Waals surface area contributed by atoms with E-state index in [4.69, 9.17) is 23.8 Å². The van der Waals surface area contributed by atoms with Gasteiger partial charge < -0.3 is 10.2 Å². The molecular formula is C18H16ClN5O2S. The molecule has 138 valence electrons. The Balaban J connectivity index is 1.56. The summed E-state index contributed by atoms with van der Waals surface area (Å²) in [5.41, 5.74) is 1.22. The van der Waals surface area contributed by atoms with Gasteiger partial charge in [0.15, 0.2) is 5.11 Å². The minimum absolute atomic E-state index is 0.0436. The molecule has 0 spiro atoms. The molecule has 1 aromatic heterocycles. The number of benzene rings is 1. The number of nitrogens with zero attached hydrogens (tertiary/aromatic N) is 4. The summed E-state index contributed by atoms with van der Waals surface area (Å²) in [6.45, 7) is 0.787. The first-order valence-corrected chi connectivity index (χ1v) is 9.36. The largest absolute Gasteiger partial charge is 0.336 e. The molecule has 1 unspecified atom stereocenters. The second-order valence-electron chi connectivity index (χ2n) is 6.37. The minimum atomic E-state index is -0.392. The number of rotatable bonds is 3. The van der Waals surface area contributed by atoms with Crippen molar-refractivity contribution in [2.75, 3.05) is 16.8 Å². The van der Waals surface area contributed by atoms with Crippen LogP contribution in [0.2, 0.25) is 5.02 Å².